The van der Waals surface area contributed by atoms with Crippen molar-refractivity contribution < 1.29 is 33.6 Å². The lowest BCUT2D eigenvalue weighted by molar-refractivity contribution is -0.373. The molecule has 0 aliphatic carbocycles. The molecule has 0 aromatic carbocycles. The Morgan fingerprint density at radius 3 is 1.42 bits per heavy atom. The molecule has 0 aromatic rings. The lowest BCUT2D eigenvalue weighted by Crippen LogP contribution is -2.50. The summed E-state index contributed by atoms with van der Waals surface area (Å²) < 4.78 is 34.9. The van der Waals surface area contributed by atoms with E-state index in [0.29, 0.717) is 6.92 Å². The van der Waals surface area contributed by atoms with Gasteiger partial charge in [-0.25, -0.2) is 0 Å². The summed E-state index contributed by atoms with van der Waals surface area (Å²) >= 11 is 0. The SMILES string of the molecule is CC(O)(O)CC(O)(O)C(F)(F)F. The van der Waals surface area contributed by atoms with Gasteiger partial charge in [-0.3, -0.25) is 0 Å². The van der Waals surface area contributed by atoms with Gasteiger partial charge >= 0.3 is 6.18 Å². The third-order valence-corrected chi connectivity index (χ3v) is 1.04. The van der Waals surface area contributed by atoms with Crippen LogP contribution in [0.15, 0.2) is 0 Å². The van der Waals surface area contributed by atoms with Crippen LogP contribution in [0.1, 0.15) is 13.3 Å². The van der Waals surface area contributed by atoms with Gasteiger partial charge in [-0.15, -0.1) is 0 Å². The first-order chi connectivity index (χ1) is 4.96. The number of hydrogen-bond acceptors (Lipinski definition) is 4. The molecular formula is C5H9F3O4. The molecule has 0 aliphatic heterocycles. The smallest absolute Gasteiger partial charge is 0.366 e. The molecule has 12 heavy (non-hydrogen) atoms. The Bertz CT molecular complexity index is 157. The molecule has 0 saturated heterocycles. The summed E-state index contributed by atoms with van der Waals surface area (Å²) in [5.74, 6) is -6.86. The zero-order chi connectivity index (χ0) is 10.2. The van der Waals surface area contributed by atoms with E-state index in [0.717, 1.165) is 0 Å². The van der Waals surface area contributed by atoms with E-state index < -0.39 is 24.2 Å². The van der Waals surface area contributed by atoms with Gasteiger partial charge in [-0.1, -0.05) is 0 Å². The Balaban J connectivity index is 4.44. The molecule has 0 aliphatic rings. The van der Waals surface area contributed by atoms with Crippen LogP contribution in [0.5, 0.6) is 0 Å². The molecule has 74 valence electrons. The molecule has 7 heteroatoms. The molecule has 0 amide bonds. The zero-order valence-corrected chi connectivity index (χ0v) is 6.13. The van der Waals surface area contributed by atoms with E-state index in [-0.39, 0.29) is 0 Å². The third-order valence-electron chi connectivity index (χ3n) is 1.04. The summed E-state index contributed by atoms with van der Waals surface area (Å²) in [7, 11) is 0. The first kappa shape index (κ1) is 11.6. The molecule has 0 saturated carbocycles. The van der Waals surface area contributed by atoms with E-state index in [1.165, 1.54) is 0 Å². The van der Waals surface area contributed by atoms with Gasteiger partial charge in [0.15, 0.2) is 5.79 Å². The molecule has 0 spiro atoms. The highest BCUT2D eigenvalue weighted by Crippen LogP contribution is 2.33. The van der Waals surface area contributed by atoms with Crippen LogP contribution in [0.25, 0.3) is 0 Å². The Labute approximate surface area is 65.9 Å². The minimum absolute atomic E-state index is 0.611. The van der Waals surface area contributed by atoms with Crippen LogP contribution >= 0.6 is 0 Å². The third kappa shape index (κ3) is 3.35. The number of alkyl halides is 3. The molecule has 0 radical (unpaired) electrons. The predicted molar refractivity (Wildman–Crippen MR) is 30.7 cm³/mol. The van der Waals surface area contributed by atoms with Gasteiger partial charge < -0.3 is 20.4 Å². The summed E-state index contributed by atoms with van der Waals surface area (Å²) in [6, 6.07) is 0. The first-order valence-corrected chi connectivity index (χ1v) is 2.92. The van der Waals surface area contributed by atoms with Crippen molar-refractivity contribution in [1.82, 2.24) is 0 Å². The van der Waals surface area contributed by atoms with Gasteiger partial charge in [0, 0.05) is 0 Å². The highest BCUT2D eigenvalue weighted by molar-refractivity contribution is 4.78. The van der Waals surface area contributed by atoms with E-state index in [9.17, 15) is 13.2 Å². The lowest BCUT2D eigenvalue weighted by atomic mass is 10.1. The molecule has 0 heterocycles. The maximum Gasteiger partial charge on any atom is 0.443 e. The van der Waals surface area contributed by atoms with E-state index in [1.807, 2.05) is 0 Å². The van der Waals surface area contributed by atoms with Crippen molar-refractivity contribution in [2.75, 3.05) is 0 Å². The molecular weight excluding hydrogens is 181 g/mol. The highest BCUT2D eigenvalue weighted by atomic mass is 19.4. The molecule has 4 N–H and O–H groups in total. The topological polar surface area (TPSA) is 80.9 Å². The van der Waals surface area contributed by atoms with Crippen LogP contribution in [0, 0.1) is 0 Å². The minimum atomic E-state index is -5.31. The van der Waals surface area contributed by atoms with Crippen LogP contribution < -0.4 is 0 Å². The van der Waals surface area contributed by atoms with Crippen molar-refractivity contribution in [3.05, 3.63) is 0 Å². The minimum Gasteiger partial charge on any atom is -0.366 e. The second-order valence-electron chi connectivity index (χ2n) is 2.71. The maximum absolute atomic E-state index is 11.6. The largest absolute Gasteiger partial charge is 0.443 e. The summed E-state index contributed by atoms with van der Waals surface area (Å²) in [6.07, 6.45) is -6.93. The van der Waals surface area contributed by atoms with E-state index in [4.69, 9.17) is 20.4 Å². The van der Waals surface area contributed by atoms with Gasteiger partial charge in [-0.2, -0.15) is 13.2 Å². The monoisotopic (exact) mass is 190 g/mol. The maximum atomic E-state index is 11.6. The Kier molecular flexibility index (Phi) is 2.75. The van der Waals surface area contributed by atoms with E-state index in [1.54, 1.807) is 0 Å². The zero-order valence-electron chi connectivity index (χ0n) is 6.13. The Morgan fingerprint density at radius 2 is 1.33 bits per heavy atom. The van der Waals surface area contributed by atoms with Crippen LogP contribution in [-0.4, -0.2) is 38.2 Å². The van der Waals surface area contributed by atoms with Gasteiger partial charge in [0.2, 0.25) is 0 Å². The summed E-state index contributed by atoms with van der Waals surface area (Å²) in [4.78, 5) is 0. The average molecular weight is 190 g/mol. The summed E-state index contributed by atoms with van der Waals surface area (Å²) in [5, 5.41) is 33.5. The number of hydrogen-bond donors (Lipinski definition) is 4. The van der Waals surface area contributed by atoms with Crippen molar-refractivity contribution in [3.63, 3.8) is 0 Å². The standard InChI is InChI=1S/C5H9F3O4/c1-3(9,10)2-4(11,12)5(6,7)8/h9-12H,2H2,1H3. The van der Waals surface area contributed by atoms with E-state index in [2.05, 4.69) is 0 Å². The molecule has 0 rings (SSSR count). The highest BCUT2D eigenvalue weighted by Gasteiger charge is 2.55. The Morgan fingerprint density at radius 1 is 1.00 bits per heavy atom. The van der Waals surface area contributed by atoms with Crippen LogP contribution in [-0.2, 0) is 0 Å². The fourth-order valence-electron chi connectivity index (χ4n) is 0.567. The van der Waals surface area contributed by atoms with Crippen molar-refractivity contribution in [3.8, 4) is 0 Å². The number of halogens is 3. The van der Waals surface area contributed by atoms with Crippen molar-refractivity contribution >= 4 is 0 Å². The summed E-state index contributed by atoms with van der Waals surface area (Å²) in [5.41, 5.74) is 0. The number of aliphatic hydroxyl groups is 4. The quantitative estimate of drug-likeness (QED) is 0.435. The van der Waals surface area contributed by atoms with Crippen molar-refractivity contribution in [1.29, 1.82) is 0 Å². The van der Waals surface area contributed by atoms with Crippen LogP contribution in [0.2, 0.25) is 0 Å². The van der Waals surface area contributed by atoms with Gasteiger partial charge in [-0.05, 0) is 6.92 Å². The normalized spacial score (nSPS) is 15.0. The van der Waals surface area contributed by atoms with Crippen LogP contribution in [0.4, 0.5) is 13.2 Å². The first-order valence-electron chi connectivity index (χ1n) is 2.92. The fourth-order valence-corrected chi connectivity index (χ4v) is 0.567. The van der Waals surface area contributed by atoms with Crippen molar-refractivity contribution in [2.24, 2.45) is 0 Å². The second-order valence-corrected chi connectivity index (χ2v) is 2.71. The van der Waals surface area contributed by atoms with Crippen molar-refractivity contribution in [2.45, 2.75) is 31.1 Å². The van der Waals surface area contributed by atoms with Gasteiger partial charge in [0.05, 0.1) is 6.42 Å². The summed E-state index contributed by atoms with van der Waals surface area (Å²) in [6.45, 7) is 0.611. The fraction of sp³-hybridized carbons (Fsp3) is 1.00. The van der Waals surface area contributed by atoms with E-state index >= 15 is 0 Å². The predicted octanol–water partition coefficient (Wildman–Crippen LogP) is -0.679. The molecule has 0 aromatic heterocycles. The Hall–Kier alpha value is -0.370. The number of rotatable bonds is 2. The molecule has 0 atom stereocenters. The molecule has 0 unspecified atom stereocenters. The molecule has 0 bridgehead atoms. The van der Waals surface area contributed by atoms with Crippen LogP contribution in [0.3, 0.4) is 0 Å². The van der Waals surface area contributed by atoms with Gasteiger partial charge in [0.1, 0.15) is 0 Å². The van der Waals surface area contributed by atoms with Gasteiger partial charge in [0.25, 0.3) is 5.79 Å². The second kappa shape index (κ2) is 2.84. The molecule has 4 nitrogen and oxygen atoms in total. The lowest BCUT2D eigenvalue weighted by Gasteiger charge is -2.29. The molecule has 0 fully saturated rings. The average Bonchev–Trinajstić information content (AvgIpc) is 1.52.